The maximum atomic E-state index is 13.2. The van der Waals surface area contributed by atoms with Crippen LogP contribution in [0.5, 0.6) is 11.5 Å². The van der Waals surface area contributed by atoms with Crippen LogP contribution in [0.2, 0.25) is 0 Å². The minimum absolute atomic E-state index is 0.0178. The summed E-state index contributed by atoms with van der Waals surface area (Å²) in [5.74, 6) is 0.759. The molecule has 2 fully saturated rings. The second-order valence-corrected chi connectivity index (χ2v) is 11.2. The number of ether oxygens (including phenoxy) is 1. The number of aliphatic hydroxyl groups is 1. The Morgan fingerprint density at radius 2 is 1.81 bits per heavy atom. The number of phenolic OH excluding ortho intramolecular Hbond substituents is 1. The van der Waals surface area contributed by atoms with Gasteiger partial charge >= 0.3 is 0 Å². The van der Waals surface area contributed by atoms with Crippen molar-refractivity contribution in [3.05, 3.63) is 58.7 Å². The minimum atomic E-state index is -0.166. The standard InChI is InChI=1S/C30H38N2O5/c1-19-3-10-25-24(15-19)26(31-28(35)21-6-4-20(18-33)5-7-21)17-30(25)11-13-32(14-12-30)29(36)23-9-8-22(37-2)16-27(23)34/h3,8-10,15-16,20-21,26,33-34H,4-7,11-14,17-18H2,1-2H3,(H,31,35). The van der Waals surface area contributed by atoms with E-state index in [9.17, 15) is 19.8 Å². The van der Waals surface area contributed by atoms with Crippen LogP contribution in [-0.2, 0) is 10.2 Å². The summed E-state index contributed by atoms with van der Waals surface area (Å²) in [6.45, 7) is 3.50. The Balaban J connectivity index is 1.29. The number of hydrogen-bond acceptors (Lipinski definition) is 5. The van der Waals surface area contributed by atoms with E-state index in [1.165, 1.54) is 29.9 Å². The van der Waals surface area contributed by atoms with Crippen LogP contribution in [0.4, 0.5) is 0 Å². The molecule has 1 spiro atoms. The fourth-order valence-electron chi connectivity index (χ4n) is 6.69. The van der Waals surface area contributed by atoms with E-state index in [0.29, 0.717) is 30.3 Å². The van der Waals surface area contributed by atoms with Crippen molar-refractivity contribution >= 4 is 11.8 Å². The maximum absolute atomic E-state index is 13.2. The van der Waals surface area contributed by atoms with Crippen molar-refractivity contribution < 1.29 is 24.5 Å². The Hall–Kier alpha value is -3.06. The molecule has 2 aliphatic carbocycles. The summed E-state index contributed by atoms with van der Waals surface area (Å²) in [5.41, 5.74) is 3.91. The van der Waals surface area contributed by atoms with Crippen LogP contribution in [0.1, 0.15) is 78.0 Å². The average molecular weight is 507 g/mol. The largest absolute Gasteiger partial charge is 0.507 e. The van der Waals surface area contributed by atoms with Crippen molar-refractivity contribution in [3.8, 4) is 11.5 Å². The van der Waals surface area contributed by atoms with Gasteiger partial charge in [-0.25, -0.2) is 0 Å². The highest BCUT2D eigenvalue weighted by Crippen LogP contribution is 2.51. The van der Waals surface area contributed by atoms with Crippen LogP contribution in [-0.4, -0.2) is 53.7 Å². The maximum Gasteiger partial charge on any atom is 0.257 e. The van der Waals surface area contributed by atoms with Crippen molar-refractivity contribution in [2.45, 2.75) is 63.3 Å². The molecule has 1 saturated heterocycles. The SMILES string of the molecule is COc1ccc(C(=O)N2CCC3(CC2)CC(NC(=O)C2CCC(CO)CC2)c2cc(C)ccc23)c(O)c1. The quantitative estimate of drug-likeness (QED) is 0.563. The topological polar surface area (TPSA) is 99.1 Å². The van der Waals surface area contributed by atoms with Crippen LogP contribution in [0.3, 0.4) is 0 Å². The third-order valence-electron chi connectivity index (χ3n) is 8.98. The van der Waals surface area contributed by atoms with Gasteiger partial charge in [-0.1, -0.05) is 23.8 Å². The Bertz CT molecular complexity index is 1160. The number of amides is 2. The number of piperidine rings is 1. The molecule has 2 aromatic carbocycles. The number of phenols is 1. The van der Waals surface area contributed by atoms with Gasteiger partial charge < -0.3 is 25.2 Å². The molecule has 0 bridgehead atoms. The van der Waals surface area contributed by atoms with E-state index in [2.05, 4.69) is 30.4 Å². The summed E-state index contributed by atoms with van der Waals surface area (Å²) in [5, 5.41) is 23.2. The van der Waals surface area contributed by atoms with Gasteiger partial charge in [-0.2, -0.15) is 0 Å². The molecule has 198 valence electrons. The highest BCUT2D eigenvalue weighted by atomic mass is 16.5. The van der Waals surface area contributed by atoms with Gasteiger partial charge in [0.1, 0.15) is 11.5 Å². The fraction of sp³-hybridized carbons (Fsp3) is 0.533. The zero-order valence-corrected chi connectivity index (χ0v) is 21.8. The molecule has 7 heteroatoms. The highest BCUT2D eigenvalue weighted by molar-refractivity contribution is 5.97. The Morgan fingerprint density at radius 3 is 2.46 bits per heavy atom. The lowest BCUT2D eigenvalue weighted by molar-refractivity contribution is -0.127. The first-order chi connectivity index (χ1) is 17.8. The first-order valence-corrected chi connectivity index (χ1v) is 13.5. The van der Waals surface area contributed by atoms with Crippen molar-refractivity contribution in [1.82, 2.24) is 10.2 Å². The molecule has 1 heterocycles. The number of aliphatic hydroxyl groups excluding tert-OH is 1. The Labute approximate surface area is 218 Å². The predicted molar refractivity (Wildman–Crippen MR) is 141 cm³/mol. The van der Waals surface area contributed by atoms with Gasteiger partial charge in [-0.3, -0.25) is 9.59 Å². The van der Waals surface area contributed by atoms with Crippen molar-refractivity contribution in [1.29, 1.82) is 0 Å². The number of benzene rings is 2. The zero-order chi connectivity index (χ0) is 26.2. The van der Waals surface area contributed by atoms with E-state index in [-0.39, 0.29) is 41.5 Å². The molecular formula is C30H38N2O5. The van der Waals surface area contributed by atoms with Gasteiger partial charge in [0.15, 0.2) is 0 Å². The van der Waals surface area contributed by atoms with E-state index < -0.39 is 0 Å². The third kappa shape index (κ3) is 4.93. The van der Waals surface area contributed by atoms with Crippen LogP contribution in [0, 0.1) is 18.8 Å². The molecule has 7 nitrogen and oxygen atoms in total. The smallest absolute Gasteiger partial charge is 0.257 e. The van der Waals surface area contributed by atoms with Crippen molar-refractivity contribution in [3.63, 3.8) is 0 Å². The average Bonchev–Trinajstić information content (AvgIpc) is 3.20. The zero-order valence-electron chi connectivity index (χ0n) is 21.8. The lowest BCUT2D eigenvalue weighted by atomic mass is 9.73. The van der Waals surface area contributed by atoms with Gasteiger partial charge in [0, 0.05) is 37.1 Å². The summed E-state index contributed by atoms with van der Waals surface area (Å²) < 4.78 is 5.14. The van der Waals surface area contributed by atoms with Gasteiger partial charge in [0.25, 0.3) is 5.91 Å². The number of fused-ring (bicyclic) bond motifs is 2. The summed E-state index contributed by atoms with van der Waals surface area (Å²) in [6, 6.07) is 11.3. The molecule has 1 unspecified atom stereocenters. The lowest BCUT2D eigenvalue weighted by Crippen LogP contribution is -2.45. The molecule has 0 radical (unpaired) electrons. The Kier molecular flexibility index (Phi) is 7.17. The summed E-state index contributed by atoms with van der Waals surface area (Å²) in [4.78, 5) is 28.3. The monoisotopic (exact) mass is 506 g/mol. The minimum Gasteiger partial charge on any atom is -0.507 e. The normalized spacial score (nSPS) is 24.5. The molecule has 1 saturated carbocycles. The molecule has 3 aliphatic rings. The van der Waals surface area contributed by atoms with Gasteiger partial charge in [0.05, 0.1) is 18.7 Å². The molecular weight excluding hydrogens is 468 g/mol. The van der Waals surface area contributed by atoms with Crippen molar-refractivity contribution in [2.75, 3.05) is 26.8 Å². The van der Waals surface area contributed by atoms with E-state index in [4.69, 9.17) is 4.74 Å². The summed E-state index contributed by atoms with van der Waals surface area (Å²) >= 11 is 0. The van der Waals surface area contributed by atoms with Crippen LogP contribution in [0.25, 0.3) is 0 Å². The number of rotatable bonds is 5. The molecule has 37 heavy (non-hydrogen) atoms. The van der Waals surface area contributed by atoms with E-state index in [1.54, 1.807) is 12.1 Å². The second kappa shape index (κ2) is 10.4. The lowest BCUT2D eigenvalue weighted by Gasteiger charge is -2.40. The first kappa shape index (κ1) is 25.6. The number of hydrogen-bond donors (Lipinski definition) is 3. The molecule has 2 aromatic rings. The van der Waals surface area contributed by atoms with Crippen molar-refractivity contribution in [2.24, 2.45) is 11.8 Å². The third-order valence-corrected chi connectivity index (χ3v) is 8.98. The number of likely N-dealkylation sites (tertiary alicyclic amines) is 1. The van der Waals surface area contributed by atoms with E-state index >= 15 is 0 Å². The van der Waals surface area contributed by atoms with Gasteiger partial charge in [-0.05, 0) is 81.0 Å². The molecule has 1 aliphatic heterocycles. The Morgan fingerprint density at radius 1 is 1.08 bits per heavy atom. The number of carbonyl (C=O) groups excluding carboxylic acids is 2. The number of aryl methyl sites for hydroxylation is 1. The highest BCUT2D eigenvalue weighted by Gasteiger charge is 2.47. The molecule has 5 rings (SSSR count). The fourth-order valence-corrected chi connectivity index (χ4v) is 6.69. The predicted octanol–water partition coefficient (Wildman–Crippen LogP) is 4.24. The first-order valence-electron chi connectivity index (χ1n) is 13.5. The van der Waals surface area contributed by atoms with Gasteiger partial charge in [-0.15, -0.1) is 0 Å². The van der Waals surface area contributed by atoms with Crippen LogP contribution >= 0.6 is 0 Å². The number of nitrogens with one attached hydrogen (secondary N) is 1. The molecule has 3 N–H and O–H groups in total. The second-order valence-electron chi connectivity index (χ2n) is 11.2. The molecule has 0 aromatic heterocycles. The van der Waals surface area contributed by atoms with E-state index in [1.807, 2.05) is 4.90 Å². The molecule has 2 amide bonds. The molecule has 1 atom stereocenters. The number of carbonyl (C=O) groups is 2. The van der Waals surface area contributed by atoms with Crippen LogP contribution < -0.4 is 10.1 Å². The summed E-state index contributed by atoms with van der Waals surface area (Å²) in [7, 11) is 1.53. The number of aromatic hydroxyl groups is 1. The summed E-state index contributed by atoms with van der Waals surface area (Å²) in [6.07, 6.45) is 5.98. The number of methoxy groups -OCH3 is 1. The van der Waals surface area contributed by atoms with Gasteiger partial charge in [0.2, 0.25) is 5.91 Å². The van der Waals surface area contributed by atoms with Crippen LogP contribution in [0.15, 0.2) is 36.4 Å². The number of nitrogens with zero attached hydrogens (tertiary/aromatic N) is 1. The van der Waals surface area contributed by atoms with E-state index in [0.717, 1.165) is 44.9 Å².